The Labute approximate surface area is 112 Å². The Bertz CT molecular complexity index is 534. The first-order valence-corrected chi connectivity index (χ1v) is 6.55. The molecule has 1 aromatic rings. The van der Waals surface area contributed by atoms with Gasteiger partial charge in [0.15, 0.2) is 0 Å². The van der Waals surface area contributed by atoms with Gasteiger partial charge in [0.1, 0.15) is 11.9 Å². The standard InChI is InChI=1S/C14H17N3O2/c1-2-17(7-6-13(18)19)14-11(9-15)8-10-4-3-5-12(10)16-14/h8H,2-7H2,1H3,(H,18,19). The van der Waals surface area contributed by atoms with E-state index in [-0.39, 0.29) is 6.42 Å². The van der Waals surface area contributed by atoms with Crippen molar-refractivity contribution in [1.29, 1.82) is 5.26 Å². The number of fused-ring (bicyclic) bond motifs is 1. The monoisotopic (exact) mass is 259 g/mol. The number of aryl methyl sites for hydroxylation is 2. The molecule has 100 valence electrons. The van der Waals surface area contributed by atoms with Crippen LogP contribution in [-0.4, -0.2) is 29.1 Å². The van der Waals surface area contributed by atoms with E-state index in [2.05, 4.69) is 11.1 Å². The average molecular weight is 259 g/mol. The maximum atomic E-state index is 10.7. The molecule has 0 radical (unpaired) electrons. The molecular formula is C14H17N3O2. The number of hydrogen-bond acceptors (Lipinski definition) is 4. The molecular weight excluding hydrogens is 242 g/mol. The minimum atomic E-state index is -0.835. The lowest BCUT2D eigenvalue weighted by atomic mass is 10.1. The van der Waals surface area contributed by atoms with Crippen LogP contribution in [0.1, 0.15) is 36.6 Å². The highest BCUT2D eigenvalue weighted by molar-refractivity contribution is 5.68. The molecule has 5 heteroatoms. The molecule has 0 amide bonds. The second-order valence-corrected chi connectivity index (χ2v) is 4.65. The summed E-state index contributed by atoms with van der Waals surface area (Å²) in [5.74, 6) is -0.204. The van der Waals surface area contributed by atoms with Crippen molar-refractivity contribution in [1.82, 2.24) is 4.98 Å². The summed E-state index contributed by atoms with van der Waals surface area (Å²) in [6.45, 7) is 2.97. The van der Waals surface area contributed by atoms with E-state index in [9.17, 15) is 10.1 Å². The van der Waals surface area contributed by atoms with Gasteiger partial charge >= 0.3 is 5.97 Å². The van der Waals surface area contributed by atoms with Crippen LogP contribution in [0.5, 0.6) is 0 Å². The number of hydrogen-bond donors (Lipinski definition) is 1. The predicted molar refractivity (Wildman–Crippen MR) is 71.1 cm³/mol. The second-order valence-electron chi connectivity index (χ2n) is 4.65. The fourth-order valence-corrected chi connectivity index (χ4v) is 2.43. The molecule has 1 heterocycles. The zero-order valence-corrected chi connectivity index (χ0v) is 11.0. The molecule has 1 aliphatic rings. The molecule has 0 unspecified atom stereocenters. The average Bonchev–Trinajstić information content (AvgIpc) is 2.85. The Morgan fingerprint density at radius 1 is 1.58 bits per heavy atom. The SMILES string of the molecule is CCN(CCC(=O)O)c1nc2c(cc1C#N)CCC2. The molecule has 1 aliphatic carbocycles. The first kappa shape index (κ1) is 13.3. The van der Waals surface area contributed by atoms with E-state index in [0.29, 0.717) is 24.5 Å². The summed E-state index contributed by atoms with van der Waals surface area (Å²) in [4.78, 5) is 17.1. The van der Waals surface area contributed by atoms with Crippen LogP contribution in [0.3, 0.4) is 0 Å². The first-order valence-electron chi connectivity index (χ1n) is 6.55. The normalized spacial score (nSPS) is 12.8. The van der Waals surface area contributed by atoms with Crippen LogP contribution < -0.4 is 4.90 Å². The fraction of sp³-hybridized carbons (Fsp3) is 0.500. The lowest BCUT2D eigenvalue weighted by molar-refractivity contribution is -0.136. The van der Waals surface area contributed by atoms with E-state index in [4.69, 9.17) is 5.11 Å². The van der Waals surface area contributed by atoms with Gasteiger partial charge < -0.3 is 10.0 Å². The molecule has 2 rings (SSSR count). The van der Waals surface area contributed by atoms with Crippen molar-refractivity contribution in [2.75, 3.05) is 18.0 Å². The van der Waals surface area contributed by atoms with Crippen molar-refractivity contribution in [3.05, 3.63) is 22.9 Å². The summed E-state index contributed by atoms with van der Waals surface area (Å²) in [7, 11) is 0. The van der Waals surface area contributed by atoms with E-state index in [1.54, 1.807) is 0 Å². The van der Waals surface area contributed by atoms with Gasteiger partial charge in [-0.05, 0) is 37.8 Å². The van der Waals surface area contributed by atoms with Crippen molar-refractivity contribution in [3.8, 4) is 6.07 Å². The molecule has 0 bridgehead atoms. The maximum absolute atomic E-state index is 10.7. The number of nitriles is 1. The van der Waals surface area contributed by atoms with Gasteiger partial charge in [0, 0.05) is 18.8 Å². The molecule has 19 heavy (non-hydrogen) atoms. The van der Waals surface area contributed by atoms with Crippen LogP contribution in [-0.2, 0) is 17.6 Å². The first-order chi connectivity index (χ1) is 9.15. The van der Waals surface area contributed by atoms with Crippen LogP contribution in [0.2, 0.25) is 0 Å². The minimum Gasteiger partial charge on any atom is -0.481 e. The van der Waals surface area contributed by atoms with E-state index < -0.39 is 5.97 Å². The lowest BCUT2D eigenvalue weighted by Gasteiger charge is -2.22. The highest BCUT2D eigenvalue weighted by Gasteiger charge is 2.19. The maximum Gasteiger partial charge on any atom is 0.305 e. The molecule has 0 aliphatic heterocycles. The van der Waals surface area contributed by atoms with Gasteiger partial charge in [-0.3, -0.25) is 4.79 Å². The highest BCUT2D eigenvalue weighted by atomic mass is 16.4. The van der Waals surface area contributed by atoms with Crippen molar-refractivity contribution >= 4 is 11.8 Å². The van der Waals surface area contributed by atoms with E-state index in [0.717, 1.165) is 30.5 Å². The van der Waals surface area contributed by atoms with Gasteiger partial charge in [0.25, 0.3) is 0 Å². The number of carbonyl (C=O) groups is 1. The minimum absolute atomic E-state index is 0.0530. The van der Waals surface area contributed by atoms with Crippen molar-refractivity contribution in [2.45, 2.75) is 32.6 Å². The third-order valence-corrected chi connectivity index (χ3v) is 3.43. The molecule has 0 aromatic carbocycles. The van der Waals surface area contributed by atoms with Crippen LogP contribution in [0.4, 0.5) is 5.82 Å². The zero-order chi connectivity index (χ0) is 13.8. The number of rotatable bonds is 5. The van der Waals surface area contributed by atoms with Crippen LogP contribution in [0.25, 0.3) is 0 Å². The van der Waals surface area contributed by atoms with Crippen molar-refractivity contribution in [3.63, 3.8) is 0 Å². The number of aromatic nitrogens is 1. The molecule has 0 atom stereocenters. The number of anilines is 1. The van der Waals surface area contributed by atoms with Gasteiger partial charge in [-0.1, -0.05) is 0 Å². The van der Waals surface area contributed by atoms with Gasteiger partial charge in [0.05, 0.1) is 12.0 Å². The number of aliphatic carboxylic acids is 1. The second kappa shape index (κ2) is 5.70. The number of nitrogens with zero attached hydrogens (tertiary/aromatic N) is 3. The van der Waals surface area contributed by atoms with Crippen LogP contribution in [0, 0.1) is 11.3 Å². The lowest BCUT2D eigenvalue weighted by Crippen LogP contribution is -2.27. The smallest absolute Gasteiger partial charge is 0.305 e. The molecule has 5 nitrogen and oxygen atoms in total. The largest absolute Gasteiger partial charge is 0.481 e. The molecule has 0 saturated heterocycles. The molecule has 1 N–H and O–H groups in total. The molecule has 0 fully saturated rings. The van der Waals surface area contributed by atoms with Crippen LogP contribution in [0.15, 0.2) is 6.07 Å². The topological polar surface area (TPSA) is 77.2 Å². The van der Waals surface area contributed by atoms with E-state index in [1.807, 2.05) is 17.9 Å². The summed E-state index contributed by atoms with van der Waals surface area (Å²) in [5.41, 5.74) is 2.77. The molecule has 0 spiro atoms. The third kappa shape index (κ3) is 2.84. The Hall–Kier alpha value is -2.09. The Balaban J connectivity index is 2.31. The van der Waals surface area contributed by atoms with E-state index in [1.165, 1.54) is 0 Å². The van der Waals surface area contributed by atoms with Gasteiger partial charge in [-0.15, -0.1) is 0 Å². The summed E-state index contributed by atoms with van der Waals surface area (Å²) in [5, 5.41) is 18.0. The fourth-order valence-electron chi connectivity index (χ4n) is 2.43. The van der Waals surface area contributed by atoms with Crippen molar-refractivity contribution in [2.24, 2.45) is 0 Å². The Morgan fingerprint density at radius 2 is 2.37 bits per heavy atom. The third-order valence-electron chi connectivity index (χ3n) is 3.43. The number of carboxylic acid groups (broad SMARTS) is 1. The van der Waals surface area contributed by atoms with E-state index >= 15 is 0 Å². The number of pyridine rings is 1. The summed E-state index contributed by atoms with van der Waals surface area (Å²) >= 11 is 0. The summed E-state index contributed by atoms with van der Waals surface area (Å²) in [6, 6.07) is 4.09. The Morgan fingerprint density at radius 3 is 3.00 bits per heavy atom. The number of carboxylic acids is 1. The van der Waals surface area contributed by atoms with Gasteiger partial charge in [-0.25, -0.2) is 4.98 Å². The predicted octanol–water partition coefficient (Wildman–Crippen LogP) is 1.74. The zero-order valence-electron chi connectivity index (χ0n) is 11.0. The quantitative estimate of drug-likeness (QED) is 0.871. The summed E-state index contributed by atoms with van der Waals surface area (Å²) < 4.78 is 0. The highest BCUT2D eigenvalue weighted by Crippen LogP contribution is 2.27. The van der Waals surface area contributed by atoms with Crippen LogP contribution >= 0.6 is 0 Å². The summed E-state index contributed by atoms with van der Waals surface area (Å²) in [6.07, 6.45) is 3.07. The molecule has 1 aromatic heterocycles. The Kier molecular flexibility index (Phi) is 4.00. The van der Waals surface area contributed by atoms with Crippen molar-refractivity contribution < 1.29 is 9.90 Å². The molecule has 0 saturated carbocycles. The van der Waals surface area contributed by atoms with Gasteiger partial charge in [-0.2, -0.15) is 5.26 Å². The van der Waals surface area contributed by atoms with Gasteiger partial charge in [0.2, 0.25) is 0 Å².